The monoisotopic (exact) mass is 390 g/mol. The molecule has 124 valence electrons. The average molecular weight is 391 g/mol. The van der Waals surface area contributed by atoms with Crippen molar-refractivity contribution < 1.29 is 13.2 Å². The van der Waals surface area contributed by atoms with Gasteiger partial charge < -0.3 is 5.32 Å². The maximum Gasteiger partial charge on any atom is 0.232 e. The van der Waals surface area contributed by atoms with Crippen LogP contribution in [-0.2, 0) is 14.8 Å². The van der Waals surface area contributed by atoms with Crippen molar-refractivity contribution in [1.82, 2.24) is 5.32 Å². The van der Waals surface area contributed by atoms with E-state index in [-0.39, 0.29) is 18.9 Å². The number of amides is 1. The second-order valence-corrected chi connectivity index (χ2v) is 7.94. The van der Waals surface area contributed by atoms with E-state index in [9.17, 15) is 13.2 Å². The molecule has 0 spiro atoms. The largest absolute Gasteiger partial charge is 0.356 e. The summed E-state index contributed by atoms with van der Waals surface area (Å²) < 4.78 is 26.0. The smallest absolute Gasteiger partial charge is 0.232 e. The Labute approximate surface area is 141 Å². The SMILES string of the molecule is CCCCCNC(=O)CCN(c1ccc(Br)cc1)S(C)(=O)=O. The molecule has 0 bridgehead atoms. The van der Waals surface area contributed by atoms with Crippen molar-refractivity contribution in [3.8, 4) is 0 Å². The number of hydrogen-bond donors (Lipinski definition) is 1. The Morgan fingerprint density at radius 1 is 1.23 bits per heavy atom. The molecule has 0 aliphatic heterocycles. The molecule has 0 radical (unpaired) electrons. The lowest BCUT2D eigenvalue weighted by Crippen LogP contribution is -2.34. The van der Waals surface area contributed by atoms with Crippen molar-refractivity contribution in [2.24, 2.45) is 0 Å². The summed E-state index contributed by atoms with van der Waals surface area (Å²) in [5, 5.41) is 2.82. The number of hydrogen-bond acceptors (Lipinski definition) is 3. The molecule has 0 aromatic heterocycles. The summed E-state index contributed by atoms with van der Waals surface area (Å²) in [6.07, 6.45) is 4.42. The highest BCUT2D eigenvalue weighted by atomic mass is 79.9. The molecule has 0 saturated heterocycles. The normalized spacial score (nSPS) is 11.2. The minimum absolute atomic E-state index is 0.123. The maximum absolute atomic E-state index is 11.9. The Kier molecular flexibility index (Phi) is 7.89. The van der Waals surface area contributed by atoms with Gasteiger partial charge in [0.2, 0.25) is 15.9 Å². The molecule has 1 rings (SSSR count). The molecular weight excluding hydrogens is 368 g/mol. The lowest BCUT2D eigenvalue weighted by Gasteiger charge is -2.22. The van der Waals surface area contributed by atoms with Crippen LogP contribution in [0.1, 0.15) is 32.6 Å². The molecule has 0 fully saturated rings. The van der Waals surface area contributed by atoms with Crippen molar-refractivity contribution >= 4 is 37.5 Å². The molecule has 0 aliphatic rings. The van der Waals surface area contributed by atoms with Gasteiger partial charge in [0.1, 0.15) is 0 Å². The van der Waals surface area contributed by atoms with Crippen LogP contribution in [0.4, 0.5) is 5.69 Å². The number of benzene rings is 1. The van der Waals surface area contributed by atoms with Crippen molar-refractivity contribution in [3.63, 3.8) is 0 Å². The number of nitrogens with one attached hydrogen (secondary N) is 1. The third-order valence-corrected chi connectivity index (χ3v) is 4.88. The molecule has 0 unspecified atom stereocenters. The van der Waals surface area contributed by atoms with Gasteiger partial charge in [0.25, 0.3) is 0 Å². The van der Waals surface area contributed by atoms with Gasteiger partial charge in [-0.15, -0.1) is 0 Å². The van der Waals surface area contributed by atoms with Crippen molar-refractivity contribution in [3.05, 3.63) is 28.7 Å². The number of nitrogens with zero attached hydrogens (tertiary/aromatic N) is 1. The summed E-state index contributed by atoms with van der Waals surface area (Å²) in [7, 11) is -3.42. The van der Waals surface area contributed by atoms with Crippen LogP contribution in [-0.4, -0.2) is 33.7 Å². The first-order valence-corrected chi connectivity index (χ1v) is 9.98. The van der Waals surface area contributed by atoms with Crippen LogP contribution in [0.25, 0.3) is 0 Å². The quantitative estimate of drug-likeness (QED) is 0.659. The van der Waals surface area contributed by atoms with Crippen molar-refractivity contribution in [2.75, 3.05) is 23.7 Å². The molecule has 0 aliphatic carbocycles. The highest BCUT2D eigenvalue weighted by molar-refractivity contribution is 9.10. The Hall–Kier alpha value is -1.08. The van der Waals surface area contributed by atoms with E-state index in [0.717, 1.165) is 30.0 Å². The summed E-state index contributed by atoms with van der Waals surface area (Å²) in [6, 6.07) is 6.98. The van der Waals surface area contributed by atoms with Crippen LogP contribution in [0.3, 0.4) is 0 Å². The predicted molar refractivity (Wildman–Crippen MR) is 93.5 cm³/mol. The van der Waals surface area contributed by atoms with Gasteiger partial charge in [-0.2, -0.15) is 0 Å². The highest BCUT2D eigenvalue weighted by Gasteiger charge is 2.18. The van der Waals surface area contributed by atoms with Gasteiger partial charge in [-0.25, -0.2) is 8.42 Å². The number of carbonyl (C=O) groups is 1. The second kappa shape index (κ2) is 9.15. The summed E-state index contributed by atoms with van der Waals surface area (Å²) in [6.45, 7) is 2.88. The van der Waals surface area contributed by atoms with E-state index in [1.165, 1.54) is 4.31 Å². The van der Waals surface area contributed by atoms with E-state index in [4.69, 9.17) is 0 Å². The zero-order valence-corrected chi connectivity index (χ0v) is 15.4. The molecule has 1 aromatic carbocycles. The predicted octanol–water partition coefficient (Wildman–Crippen LogP) is 2.91. The lowest BCUT2D eigenvalue weighted by atomic mass is 10.2. The third kappa shape index (κ3) is 6.79. The number of carbonyl (C=O) groups excluding carboxylic acids is 1. The number of unbranched alkanes of at least 4 members (excludes halogenated alkanes) is 2. The van der Waals surface area contributed by atoms with Gasteiger partial charge in [0, 0.05) is 24.0 Å². The van der Waals surface area contributed by atoms with Crippen LogP contribution in [0, 0.1) is 0 Å². The Morgan fingerprint density at radius 3 is 2.41 bits per heavy atom. The zero-order valence-electron chi connectivity index (χ0n) is 13.0. The van der Waals surface area contributed by atoms with Crippen LogP contribution >= 0.6 is 15.9 Å². The fraction of sp³-hybridized carbons (Fsp3) is 0.533. The van der Waals surface area contributed by atoms with E-state index in [1.807, 2.05) is 0 Å². The zero-order chi connectivity index (χ0) is 16.6. The molecule has 22 heavy (non-hydrogen) atoms. The van der Waals surface area contributed by atoms with Crippen LogP contribution in [0.15, 0.2) is 28.7 Å². The molecule has 0 saturated carbocycles. The summed E-state index contributed by atoms with van der Waals surface area (Å²) >= 11 is 3.32. The standard InChI is InChI=1S/C15H23BrN2O3S/c1-3-4-5-11-17-15(19)10-12-18(22(2,20)21)14-8-6-13(16)7-9-14/h6-9H,3-5,10-12H2,1-2H3,(H,17,19). The number of rotatable bonds is 9. The maximum atomic E-state index is 11.9. The van der Waals surface area contributed by atoms with E-state index >= 15 is 0 Å². The summed E-state index contributed by atoms with van der Waals surface area (Å²) in [4.78, 5) is 11.8. The molecule has 1 aromatic rings. The van der Waals surface area contributed by atoms with Gasteiger partial charge in [-0.1, -0.05) is 35.7 Å². The number of halogens is 1. The fourth-order valence-electron chi connectivity index (χ4n) is 1.99. The van der Waals surface area contributed by atoms with Gasteiger partial charge in [0.05, 0.1) is 11.9 Å². The van der Waals surface area contributed by atoms with Crippen LogP contribution in [0.5, 0.6) is 0 Å². The van der Waals surface area contributed by atoms with Gasteiger partial charge in [-0.05, 0) is 30.7 Å². The first-order valence-electron chi connectivity index (χ1n) is 7.34. The van der Waals surface area contributed by atoms with Crippen molar-refractivity contribution in [2.45, 2.75) is 32.6 Å². The average Bonchev–Trinajstić information content (AvgIpc) is 2.44. The number of sulfonamides is 1. The first kappa shape index (κ1) is 19.0. The minimum atomic E-state index is -3.42. The third-order valence-electron chi connectivity index (χ3n) is 3.16. The Bertz CT molecular complexity index is 573. The van der Waals surface area contributed by atoms with E-state index in [2.05, 4.69) is 28.2 Å². The molecule has 7 heteroatoms. The topological polar surface area (TPSA) is 66.5 Å². The van der Waals surface area contributed by atoms with Crippen molar-refractivity contribution in [1.29, 1.82) is 0 Å². The summed E-state index contributed by atoms with van der Waals surface area (Å²) in [5.41, 5.74) is 0.560. The Balaban J connectivity index is 2.60. The summed E-state index contributed by atoms with van der Waals surface area (Å²) in [5.74, 6) is -0.123. The minimum Gasteiger partial charge on any atom is -0.356 e. The molecule has 1 amide bonds. The molecular formula is C15H23BrN2O3S. The van der Waals surface area contributed by atoms with Gasteiger partial charge >= 0.3 is 0 Å². The Morgan fingerprint density at radius 2 is 1.86 bits per heavy atom. The number of anilines is 1. The van der Waals surface area contributed by atoms with E-state index < -0.39 is 10.0 Å². The van der Waals surface area contributed by atoms with Crippen LogP contribution < -0.4 is 9.62 Å². The fourth-order valence-corrected chi connectivity index (χ4v) is 3.18. The van der Waals surface area contributed by atoms with E-state index in [1.54, 1.807) is 24.3 Å². The van der Waals surface area contributed by atoms with Crippen LogP contribution in [0.2, 0.25) is 0 Å². The molecule has 0 atom stereocenters. The first-order chi connectivity index (χ1) is 10.3. The molecule has 0 heterocycles. The lowest BCUT2D eigenvalue weighted by molar-refractivity contribution is -0.120. The molecule has 5 nitrogen and oxygen atoms in total. The molecule has 1 N–H and O–H groups in total. The van der Waals surface area contributed by atoms with Gasteiger partial charge in [0.15, 0.2) is 0 Å². The second-order valence-electron chi connectivity index (χ2n) is 5.12. The highest BCUT2D eigenvalue weighted by Crippen LogP contribution is 2.20. The van der Waals surface area contributed by atoms with Gasteiger partial charge in [-0.3, -0.25) is 9.10 Å². The van der Waals surface area contributed by atoms with E-state index in [0.29, 0.717) is 12.2 Å².